The van der Waals surface area contributed by atoms with E-state index in [0.717, 1.165) is 0 Å². The minimum Gasteiger partial charge on any atom is -0.463 e. The summed E-state index contributed by atoms with van der Waals surface area (Å²) in [6, 6.07) is 0. The number of carbonyl (C=O) groups is 3. The van der Waals surface area contributed by atoms with Gasteiger partial charge in [-0.05, 0) is 72.5 Å². The maximum atomic E-state index is 13.8. The van der Waals surface area contributed by atoms with Gasteiger partial charge in [0.2, 0.25) is 0 Å². The lowest BCUT2D eigenvalue weighted by atomic mass is 9.42. The molecule has 0 aromatic carbocycles. The third kappa shape index (κ3) is 5.23. The summed E-state index contributed by atoms with van der Waals surface area (Å²) < 4.78 is 11.4. The maximum absolute atomic E-state index is 13.8. The van der Waals surface area contributed by atoms with Crippen LogP contribution in [0.25, 0.3) is 0 Å². The van der Waals surface area contributed by atoms with Crippen LogP contribution in [0.15, 0.2) is 12.2 Å². The molecule has 0 aliphatic heterocycles. The lowest BCUT2D eigenvalue weighted by molar-refractivity contribution is -0.211. The Morgan fingerprint density at radius 1 is 0.974 bits per heavy atom. The van der Waals surface area contributed by atoms with Crippen LogP contribution < -0.4 is 0 Å². The van der Waals surface area contributed by atoms with E-state index in [-0.39, 0.29) is 53.6 Å². The standard InChI is InChI=1S/C32H50O7/c1-16(2)17(3)9-10-18(4)27-25(39-20(6)34)14-22-26-28(24(35)15-32(22,27)8)31(7)12-11-21(38-19(5)33)13-23(31)29(36)30(26)37/h9-10,16-18,21-28,30,35,37H,11-15H2,1-8H3. The molecule has 0 aromatic rings. The number of esters is 2. The Morgan fingerprint density at radius 2 is 1.62 bits per heavy atom. The Balaban J connectivity index is 1.70. The molecule has 220 valence electrons. The second-order valence-corrected chi connectivity index (χ2v) is 14.2. The molecule has 7 heteroatoms. The van der Waals surface area contributed by atoms with Crippen LogP contribution in [-0.2, 0) is 23.9 Å². The number of hydrogen-bond acceptors (Lipinski definition) is 7. The molecule has 4 aliphatic carbocycles. The summed E-state index contributed by atoms with van der Waals surface area (Å²) in [4.78, 5) is 37.6. The molecule has 0 amide bonds. The molecule has 7 nitrogen and oxygen atoms in total. The molecule has 0 heterocycles. The van der Waals surface area contributed by atoms with Gasteiger partial charge in [-0.25, -0.2) is 0 Å². The highest BCUT2D eigenvalue weighted by Crippen LogP contribution is 2.68. The van der Waals surface area contributed by atoms with Crippen molar-refractivity contribution in [2.24, 2.45) is 58.2 Å². The van der Waals surface area contributed by atoms with Crippen molar-refractivity contribution in [3.8, 4) is 0 Å². The largest absolute Gasteiger partial charge is 0.463 e. The molecular weight excluding hydrogens is 496 g/mol. The lowest BCUT2D eigenvalue weighted by Gasteiger charge is -2.62. The van der Waals surface area contributed by atoms with E-state index in [1.165, 1.54) is 13.8 Å². The number of rotatable bonds is 6. The number of ketones is 1. The van der Waals surface area contributed by atoms with Crippen molar-refractivity contribution in [2.45, 2.75) is 112 Å². The van der Waals surface area contributed by atoms with Crippen molar-refractivity contribution in [1.82, 2.24) is 0 Å². The van der Waals surface area contributed by atoms with Gasteiger partial charge in [-0.15, -0.1) is 0 Å². The molecule has 0 spiro atoms. The maximum Gasteiger partial charge on any atom is 0.302 e. The fourth-order valence-electron chi connectivity index (χ4n) is 9.44. The van der Waals surface area contributed by atoms with Crippen molar-refractivity contribution < 1.29 is 34.1 Å². The topological polar surface area (TPSA) is 110 Å². The number of carbonyl (C=O) groups excluding carboxylic acids is 3. The number of fused-ring (bicyclic) bond motifs is 5. The van der Waals surface area contributed by atoms with E-state index in [0.29, 0.717) is 43.9 Å². The summed E-state index contributed by atoms with van der Waals surface area (Å²) >= 11 is 0. The second kappa shape index (κ2) is 10.9. The van der Waals surface area contributed by atoms with Crippen LogP contribution in [0.3, 0.4) is 0 Å². The van der Waals surface area contributed by atoms with E-state index < -0.39 is 34.9 Å². The molecule has 2 N–H and O–H groups in total. The third-order valence-electron chi connectivity index (χ3n) is 11.5. The zero-order valence-electron chi connectivity index (χ0n) is 25.1. The normalized spacial score (nSPS) is 45.3. The first-order chi connectivity index (χ1) is 18.1. The van der Waals surface area contributed by atoms with Gasteiger partial charge in [0.1, 0.15) is 18.3 Å². The summed E-state index contributed by atoms with van der Waals surface area (Å²) in [6.07, 6.45) is 4.68. The van der Waals surface area contributed by atoms with Crippen LogP contribution >= 0.6 is 0 Å². The van der Waals surface area contributed by atoms with Crippen LogP contribution in [-0.4, -0.2) is 52.4 Å². The molecule has 0 aromatic heterocycles. The molecular formula is C32H50O7. The summed E-state index contributed by atoms with van der Waals surface area (Å²) in [6.45, 7) is 15.8. The van der Waals surface area contributed by atoms with Gasteiger partial charge >= 0.3 is 11.9 Å². The predicted octanol–water partition coefficient (Wildman–Crippen LogP) is 4.72. The van der Waals surface area contributed by atoms with E-state index in [4.69, 9.17) is 9.47 Å². The van der Waals surface area contributed by atoms with Gasteiger partial charge in [-0.1, -0.05) is 53.7 Å². The minimum atomic E-state index is -1.20. The summed E-state index contributed by atoms with van der Waals surface area (Å²) in [5.74, 6) is -1.12. The first-order valence-corrected chi connectivity index (χ1v) is 15.0. The SMILES string of the molecule is CC(=O)OC1CCC2(C)C(C1)C(=O)C(O)C1C3CC(OC(C)=O)C(C(C)C=CC(C)C(C)C)C3(C)CC(O)C12. The van der Waals surface area contributed by atoms with E-state index in [9.17, 15) is 24.6 Å². The molecule has 0 saturated heterocycles. The molecule has 4 aliphatic rings. The number of ether oxygens (including phenoxy) is 2. The second-order valence-electron chi connectivity index (χ2n) is 14.2. The Morgan fingerprint density at radius 3 is 2.21 bits per heavy atom. The fraction of sp³-hybridized carbons (Fsp3) is 0.844. The highest BCUT2D eigenvalue weighted by molar-refractivity contribution is 5.87. The minimum absolute atomic E-state index is 0.0369. The summed E-state index contributed by atoms with van der Waals surface area (Å²) in [5.41, 5.74) is -0.906. The van der Waals surface area contributed by atoms with Gasteiger partial charge in [0.15, 0.2) is 5.78 Å². The molecule has 0 radical (unpaired) electrons. The van der Waals surface area contributed by atoms with E-state index in [2.05, 4.69) is 53.7 Å². The monoisotopic (exact) mass is 546 g/mol. The molecule has 13 atom stereocenters. The van der Waals surface area contributed by atoms with Crippen LogP contribution in [0.1, 0.15) is 87.5 Å². The van der Waals surface area contributed by atoms with Gasteiger partial charge in [0, 0.05) is 31.6 Å². The van der Waals surface area contributed by atoms with E-state index in [1.807, 2.05) is 0 Å². The molecule has 4 rings (SSSR count). The van der Waals surface area contributed by atoms with Gasteiger partial charge in [-0.3, -0.25) is 14.4 Å². The van der Waals surface area contributed by atoms with Crippen molar-refractivity contribution in [1.29, 1.82) is 0 Å². The van der Waals surface area contributed by atoms with E-state index in [1.54, 1.807) is 0 Å². The Bertz CT molecular complexity index is 989. The van der Waals surface area contributed by atoms with Gasteiger partial charge in [0.25, 0.3) is 0 Å². The predicted molar refractivity (Wildman–Crippen MR) is 147 cm³/mol. The Labute approximate surface area is 234 Å². The van der Waals surface area contributed by atoms with E-state index >= 15 is 0 Å². The average Bonchev–Trinajstić information content (AvgIpc) is 3.10. The van der Waals surface area contributed by atoms with Gasteiger partial charge < -0.3 is 19.7 Å². The number of aliphatic hydroxyl groups is 2. The van der Waals surface area contributed by atoms with Crippen molar-refractivity contribution in [3.05, 3.63) is 12.2 Å². The Kier molecular flexibility index (Phi) is 8.47. The third-order valence-corrected chi connectivity index (χ3v) is 11.5. The smallest absolute Gasteiger partial charge is 0.302 e. The van der Waals surface area contributed by atoms with Crippen molar-refractivity contribution in [3.63, 3.8) is 0 Å². The number of hydrogen-bond donors (Lipinski definition) is 2. The van der Waals surface area contributed by atoms with Gasteiger partial charge in [0.05, 0.1) is 6.10 Å². The summed E-state index contributed by atoms with van der Waals surface area (Å²) in [7, 11) is 0. The molecule has 13 unspecified atom stereocenters. The van der Waals surface area contributed by atoms with Crippen LogP contribution in [0.2, 0.25) is 0 Å². The fourth-order valence-corrected chi connectivity index (χ4v) is 9.44. The van der Waals surface area contributed by atoms with Crippen molar-refractivity contribution in [2.75, 3.05) is 0 Å². The first-order valence-electron chi connectivity index (χ1n) is 15.0. The quantitative estimate of drug-likeness (QED) is 0.366. The molecule has 39 heavy (non-hydrogen) atoms. The zero-order valence-corrected chi connectivity index (χ0v) is 25.1. The lowest BCUT2D eigenvalue weighted by Crippen LogP contribution is -2.66. The molecule has 4 fully saturated rings. The first kappa shape index (κ1) is 30.2. The average molecular weight is 547 g/mol. The molecule has 0 bridgehead atoms. The van der Waals surface area contributed by atoms with Crippen LogP contribution in [0.5, 0.6) is 0 Å². The van der Waals surface area contributed by atoms with Gasteiger partial charge in [-0.2, -0.15) is 0 Å². The van der Waals surface area contributed by atoms with Crippen LogP contribution in [0.4, 0.5) is 0 Å². The zero-order chi connectivity index (χ0) is 29.0. The number of allylic oxidation sites excluding steroid dienone is 2. The Hall–Kier alpha value is -1.73. The highest BCUT2D eigenvalue weighted by atomic mass is 16.5. The number of Topliss-reactive ketones (excluding diaryl/α,β-unsaturated/α-hetero) is 1. The van der Waals surface area contributed by atoms with Crippen molar-refractivity contribution >= 4 is 17.7 Å². The molecule has 4 saturated carbocycles. The van der Waals surface area contributed by atoms with Crippen LogP contribution in [0, 0.1) is 58.2 Å². The highest BCUT2D eigenvalue weighted by Gasteiger charge is 2.69. The number of aliphatic hydroxyl groups excluding tert-OH is 2. The summed E-state index contributed by atoms with van der Waals surface area (Å²) in [5, 5.41) is 23.5.